The van der Waals surface area contributed by atoms with Gasteiger partial charge in [-0.15, -0.1) is 0 Å². The summed E-state index contributed by atoms with van der Waals surface area (Å²) in [5.74, 6) is -0.230. The van der Waals surface area contributed by atoms with Gasteiger partial charge in [-0.3, -0.25) is 14.6 Å². The third-order valence-electron chi connectivity index (χ3n) is 5.23. The third-order valence-corrected chi connectivity index (χ3v) is 5.23. The number of amides is 1. The quantitative estimate of drug-likeness (QED) is 0.665. The van der Waals surface area contributed by atoms with Crippen molar-refractivity contribution in [2.75, 3.05) is 66.1 Å². The Kier molecular flexibility index (Phi) is 7.64. The Morgan fingerprint density at radius 1 is 1.04 bits per heavy atom. The molecule has 1 amide bonds. The summed E-state index contributed by atoms with van der Waals surface area (Å²) in [6.07, 6.45) is -0.314. The molecule has 0 aromatic heterocycles. The zero-order valence-electron chi connectivity index (χ0n) is 16.4. The summed E-state index contributed by atoms with van der Waals surface area (Å²) < 4.78 is 15.8. The van der Waals surface area contributed by atoms with Crippen molar-refractivity contribution in [2.45, 2.75) is 12.6 Å². The maximum Gasteiger partial charge on any atom is 0.410 e. The highest BCUT2D eigenvalue weighted by Gasteiger charge is 2.33. The van der Waals surface area contributed by atoms with E-state index in [4.69, 9.17) is 14.2 Å². The molecule has 1 aromatic carbocycles. The van der Waals surface area contributed by atoms with Crippen LogP contribution < -0.4 is 0 Å². The van der Waals surface area contributed by atoms with E-state index in [1.54, 1.807) is 4.90 Å². The molecular formula is C20H29N3O5. The first-order valence-electron chi connectivity index (χ1n) is 9.75. The second kappa shape index (κ2) is 10.4. The number of carbonyl (C=O) groups excluding carboxylic acids is 2. The van der Waals surface area contributed by atoms with Crippen LogP contribution in [0.4, 0.5) is 4.79 Å². The summed E-state index contributed by atoms with van der Waals surface area (Å²) in [6.45, 7) is 6.20. The molecule has 1 atom stereocenters. The number of methoxy groups -OCH3 is 1. The van der Waals surface area contributed by atoms with E-state index in [0.29, 0.717) is 45.9 Å². The lowest BCUT2D eigenvalue weighted by Gasteiger charge is -2.39. The van der Waals surface area contributed by atoms with Crippen molar-refractivity contribution in [3.8, 4) is 0 Å². The number of rotatable bonds is 6. The lowest BCUT2D eigenvalue weighted by atomic mass is 10.2. The Morgan fingerprint density at radius 3 is 2.36 bits per heavy atom. The molecule has 8 nitrogen and oxygen atoms in total. The Bertz CT molecular complexity index is 628. The molecular weight excluding hydrogens is 362 g/mol. The van der Waals surface area contributed by atoms with Gasteiger partial charge in [-0.05, 0) is 5.56 Å². The molecule has 0 aliphatic carbocycles. The van der Waals surface area contributed by atoms with E-state index in [-0.39, 0.29) is 24.7 Å². The van der Waals surface area contributed by atoms with Crippen LogP contribution >= 0.6 is 0 Å². The number of benzene rings is 1. The highest BCUT2D eigenvalue weighted by atomic mass is 16.6. The van der Waals surface area contributed by atoms with Gasteiger partial charge in [-0.2, -0.15) is 0 Å². The number of hydrogen-bond acceptors (Lipinski definition) is 7. The zero-order chi connectivity index (χ0) is 19.8. The number of piperazine rings is 1. The molecule has 0 N–H and O–H groups in total. The smallest absolute Gasteiger partial charge is 0.410 e. The molecule has 0 spiro atoms. The van der Waals surface area contributed by atoms with Crippen LogP contribution in [0.2, 0.25) is 0 Å². The van der Waals surface area contributed by atoms with Crippen LogP contribution in [0, 0.1) is 0 Å². The molecule has 8 heteroatoms. The normalized spacial score (nSPS) is 19.8. The predicted octanol–water partition coefficient (Wildman–Crippen LogP) is 0.815. The van der Waals surface area contributed by atoms with Crippen LogP contribution in [0.5, 0.6) is 0 Å². The summed E-state index contributed by atoms with van der Waals surface area (Å²) in [5, 5.41) is 0. The first-order chi connectivity index (χ1) is 13.7. The van der Waals surface area contributed by atoms with Crippen LogP contribution in [0.15, 0.2) is 30.3 Å². The molecule has 2 saturated heterocycles. The fourth-order valence-electron chi connectivity index (χ4n) is 3.53. The molecule has 2 heterocycles. The van der Waals surface area contributed by atoms with E-state index < -0.39 is 0 Å². The summed E-state index contributed by atoms with van der Waals surface area (Å²) in [5.41, 5.74) is 0.964. The molecule has 0 radical (unpaired) electrons. The minimum absolute atomic E-state index is 0.230. The average molecular weight is 391 g/mol. The first kappa shape index (κ1) is 20.6. The second-order valence-electron chi connectivity index (χ2n) is 7.02. The Balaban J connectivity index is 1.48. The summed E-state index contributed by atoms with van der Waals surface area (Å²) in [6, 6.07) is 9.30. The molecule has 3 rings (SSSR count). The van der Waals surface area contributed by atoms with E-state index in [1.807, 2.05) is 30.3 Å². The summed E-state index contributed by atoms with van der Waals surface area (Å²) in [7, 11) is 1.42. The van der Waals surface area contributed by atoms with Gasteiger partial charge in [-0.25, -0.2) is 4.79 Å². The maximum atomic E-state index is 12.3. The van der Waals surface area contributed by atoms with Gasteiger partial charge in [0.25, 0.3) is 0 Å². The number of hydrogen-bond donors (Lipinski definition) is 0. The molecule has 0 bridgehead atoms. The van der Waals surface area contributed by atoms with Crippen LogP contribution in [0.1, 0.15) is 5.56 Å². The minimum atomic E-state index is -0.328. The van der Waals surface area contributed by atoms with Crippen molar-refractivity contribution in [2.24, 2.45) is 0 Å². The largest absolute Gasteiger partial charge is 0.468 e. The van der Waals surface area contributed by atoms with E-state index in [1.165, 1.54) is 7.11 Å². The van der Waals surface area contributed by atoms with Gasteiger partial charge in [0.1, 0.15) is 12.6 Å². The van der Waals surface area contributed by atoms with Gasteiger partial charge in [0, 0.05) is 45.8 Å². The monoisotopic (exact) mass is 391 g/mol. The van der Waals surface area contributed by atoms with Gasteiger partial charge < -0.3 is 19.1 Å². The molecule has 0 unspecified atom stereocenters. The summed E-state index contributed by atoms with van der Waals surface area (Å²) in [4.78, 5) is 30.7. The Labute approximate surface area is 165 Å². The van der Waals surface area contributed by atoms with Crippen LogP contribution in [0.3, 0.4) is 0 Å². The number of carbonyl (C=O) groups is 2. The SMILES string of the molecule is COC(=O)[C@H](CN1CCOCC1)N1CCN(C(=O)OCc2ccccc2)CC1. The number of ether oxygens (including phenoxy) is 3. The third kappa shape index (κ3) is 5.67. The van der Waals surface area contributed by atoms with Crippen molar-refractivity contribution < 1.29 is 23.8 Å². The van der Waals surface area contributed by atoms with Crippen LogP contribution in [-0.2, 0) is 25.6 Å². The van der Waals surface area contributed by atoms with Crippen molar-refractivity contribution in [1.29, 1.82) is 0 Å². The van der Waals surface area contributed by atoms with Crippen molar-refractivity contribution in [1.82, 2.24) is 14.7 Å². The number of nitrogens with zero attached hydrogens (tertiary/aromatic N) is 3. The van der Waals surface area contributed by atoms with Crippen molar-refractivity contribution in [3.63, 3.8) is 0 Å². The number of esters is 1. The lowest BCUT2D eigenvalue weighted by Crippen LogP contribution is -2.58. The van der Waals surface area contributed by atoms with Gasteiger partial charge in [-0.1, -0.05) is 30.3 Å². The minimum Gasteiger partial charge on any atom is -0.468 e. The Hall–Kier alpha value is -2.16. The van der Waals surface area contributed by atoms with E-state index in [0.717, 1.165) is 18.7 Å². The molecule has 1 aromatic rings. The highest BCUT2D eigenvalue weighted by Crippen LogP contribution is 2.12. The van der Waals surface area contributed by atoms with Crippen LogP contribution in [-0.4, -0.2) is 98.9 Å². The van der Waals surface area contributed by atoms with E-state index in [9.17, 15) is 9.59 Å². The van der Waals surface area contributed by atoms with Gasteiger partial charge >= 0.3 is 12.1 Å². The molecule has 0 saturated carbocycles. The standard InChI is InChI=1S/C20H29N3O5/c1-26-19(24)18(15-21-11-13-27-14-12-21)22-7-9-23(10-8-22)20(25)28-16-17-5-3-2-4-6-17/h2-6,18H,7-16H2,1H3/t18-/m0/s1. The van der Waals surface area contributed by atoms with Crippen LogP contribution in [0.25, 0.3) is 0 Å². The van der Waals surface area contributed by atoms with E-state index >= 15 is 0 Å². The van der Waals surface area contributed by atoms with E-state index in [2.05, 4.69) is 9.80 Å². The van der Waals surface area contributed by atoms with Gasteiger partial charge in [0.05, 0.1) is 20.3 Å². The average Bonchev–Trinajstić information content (AvgIpc) is 2.77. The fraction of sp³-hybridized carbons (Fsp3) is 0.600. The molecule has 2 fully saturated rings. The first-order valence-corrected chi connectivity index (χ1v) is 9.75. The number of morpholine rings is 1. The van der Waals surface area contributed by atoms with Crippen molar-refractivity contribution >= 4 is 12.1 Å². The highest BCUT2D eigenvalue weighted by molar-refractivity contribution is 5.76. The maximum absolute atomic E-state index is 12.3. The molecule has 2 aliphatic rings. The predicted molar refractivity (Wildman–Crippen MR) is 103 cm³/mol. The molecule has 2 aliphatic heterocycles. The summed E-state index contributed by atoms with van der Waals surface area (Å²) >= 11 is 0. The zero-order valence-corrected chi connectivity index (χ0v) is 16.4. The lowest BCUT2D eigenvalue weighted by molar-refractivity contribution is -0.149. The second-order valence-corrected chi connectivity index (χ2v) is 7.02. The molecule has 154 valence electrons. The fourth-order valence-corrected chi connectivity index (χ4v) is 3.53. The molecule has 28 heavy (non-hydrogen) atoms. The van der Waals surface area contributed by atoms with Crippen molar-refractivity contribution in [3.05, 3.63) is 35.9 Å². The van der Waals surface area contributed by atoms with Gasteiger partial charge in [0.15, 0.2) is 0 Å². The Morgan fingerprint density at radius 2 is 1.71 bits per heavy atom. The topological polar surface area (TPSA) is 71.5 Å². The van der Waals surface area contributed by atoms with Gasteiger partial charge in [0.2, 0.25) is 0 Å².